The van der Waals surface area contributed by atoms with Gasteiger partial charge in [0.2, 0.25) is 0 Å². The van der Waals surface area contributed by atoms with E-state index in [2.05, 4.69) is 4.98 Å². The number of nitrogens with one attached hydrogen (secondary N) is 1. The molecule has 0 spiro atoms. The monoisotopic (exact) mass is 260 g/mol. The third-order valence-electron chi connectivity index (χ3n) is 2.75. The maximum Gasteiger partial charge on any atom is 0.263 e. The number of pyridine rings is 1. The first-order chi connectivity index (χ1) is 9.13. The Balaban J connectivity index is 2.38. The molecule has 19 heavy (non-hydrogen) atoms. The number of amides is 1. The Morgan fingerprint density at radius 3 is 2.53 bits per heavy atom. The van der Waals surface area contributed by atoms with Crippen molar-refractivity contribution < 1.29 is 9.18 Å². The Kier molecular flexibility index (Phi) is 3.75. The summed E-state index contributed by atoms with van der Waals surface area (Å²) in [6.45, 7) is 2.18. The first kappa shape index (κ1) is 13.0. The average Bonchev–Trinajstić information content (AvgIpc) is 2.42. The van der Waals surface area contributed by atoms with Gasteiger partial charge in [-0.15, -0.1) is 0 Å². The van der Waals surface area contributed by atoms with E-state index in [1.54, 1.807) is 6.92 Å². The largest absolute Gasteiger partial charge is 0.367 e. The molecule has 0 saturated carbocycles. The second-order valence-corrected chi connectivity index (χ2v) is 3.95. The number of H-pyrrole nitrogens is 1. The highest BCUT2D eigenvalue weighted by Gasteiger charge is 2.18. The highest BCUT2D eigenvalue weighted by Crippen LogP contribution is 2.16. The quantitative estimate of drug-likeness (QED) is 0.919. The standard InChI is InChI=1S/C14H13FN2O2/c1-2-17(11-5-3-10(15)4-6-11)14(19)12-9-16-8-7-13(12)18/h3-9H,2H2,1H3,(H,16,18). The number of benzene rings is 1. The number of aromatic amines is 1. The van der Waals surface area contributed by atoms with Crippen molar-refractivity contribution >= 4 is 11.6 Å². The smallest absolute Gasteiger partial charge is 0.263 e. The zero-order valence-electron chi connectivity index (χ0n) is 10.4. The van der Waals surface area contributed by atoms with Crippen LogP contribution in [0, 0.1) is 5.82 Å². The summed E-state index contributed by atoms with van der Waals surface area (Å²) in [4.78, 5) is 28.1. The van der Waals surface area contributed by atoms with E-state index < -0.39 is 5.91 Å². The van der Waals surface area contributed by atoms with Crippen LogP contribution >= 0.6 is 0 Å². The van der Waals surface area contributed by atoms with Crippen molar-refractivity contribution in [3.05, 3.63) is 64.3 Å². The highest BCUT2D eigenvalue weighted by atomic mass is 19.1. The van der Waals surface area contributed by atoms with Crippen molar-refractivity contribution in [2.24, 2.45) is 0 Å². The third-order valence-corrected chi connectivity index (χ3v) is 2.75. The van der Waals surface area contributed by atoms with E-state index >= 15 is 0 Å². The van der Waals surface area contributed by atoms with Gasteiger partial charge in [-0.05, 0) is 31.2 Å². The summed E-state index contributed by atoms with van der Waals surface area (Å²) in [5, 5.41) is 0. The van der Waals surface area contributed by atoms with E-state index in [-0.39, 0.29) is 16.8 Å². The van der Waals surface area contributed by atoms with E-state index in [9.17, 15) is 14.0 Å². The molecule has 1 aromatic heterocycles. The Morgan fingerprint density at radius 2 is 1.95 bits per heavy atom. The molecule has 0 aliphatic rings. The summed E-state index contributed by atoms with van der Waals surface area (Å²) in [5.74, 6) is -0.777. The summed E-state index contributed by atoms with van der Waals surface area (Å²) >= 11 is 0. The van der Waals surface area contributed by atoms with E-state index in [0.29, 0.717) is 12.2 Å². The van der Waals surface area contributed by atoms with Crippen LogP contribution in [0.5, 0.6) is 0 Å². The molecule has 0 bridgehead atoms. The minimum atomic E-state index is -0.407. The number of rotatable bonds is 3. The number of halogens is 1. The number of carbonyl (C=O) groups excluding carboxylic acids is 1. The van der Waals surface area contributed by atoms with Crippen molar-refractivity contribution in [3.63, 3.8) is 0 Å². The van der Waals surface area contributed by atoms with Gasteiger partial charge in [0.05, 0.1) is 0 Å². The Morgan fingerprint density at radius 1 is 1.26 bits per heavy atom. The number of nitrogens with zero attached hydrogens (tertiary/aromatic N) is 1. The molecule has 2 aromatic rings. The third kappa shape index (κ3) is 2.70. The molecule has 98 valence electrons. The van der Waals surface area contributed by atoms with Gasteiger partial charge in [-0.3, -0.25) is 9.59 Å². The molecule has 1 amide bonds. The molecular weight excluding hydrogens is 247 g/mol. The molecule has 1 N–H and O–H groups in total. The van der Waals surface area contributed by atoms with E-state index in [4.69, 9.17) is 0 Å². The van der Waals surface area contributed by atoms with Crippen LogP contribution in [0.25, 0.3) is 0 Å². The van der Waals surface area contributed by atoms with Crippen LogP contribution in [-0.2, 0) is 0 Å². The van der Waals surface area contributed by atoms with E-state index in [1.807, 2.05) is 0 Å². The van der Waals surface area contributed by atoms with Crippen LogP contribution in [0.1, 0.15) is 17.3 Å². The predicted molar refractivity (Wildman–Crippen MR) is 70.8 cm³/mol. The second kappa shape index (κ2) is 5.48. The molecular formula is C14H13FN2O2. The molecule has 1 aromatic carbocycles. The molecule has 0 unspecified atom stereocenters. The van der Waals surface area contributed by atoms with E-state index in [0.717, 1.165) is 0 Å². The van der Waals surface area contributed by atoms with Crippen LogP contribution in [0.4, 0.5) is 10.1 Å². The summed E-state index contributed by atoms with van der Waals surface area (Å²) in [7, 11) is 0. The lowest BCUT2D eigenvalue weighted by molar-refractivity contribution is 0.0987. The zero-order chi connectivity index (χ0) is 13.8. The lowest BCUT2D eigenvalue weighted by Crippen LogP contribution is -2.34. The fraction of sp³-hybridized carbons (Fsp3) is 0.143. The maximum atomic E-state index is 12.9. The van der Waals surface area contributed by atoms with Gasteiger partial charge in [0.15, 0.2) is 5.43 Å². The number of hydrogen-bond acceptors (Lipinski definition) is 2. The van der Waals surface area contributed by atoms with E-state index in [1.165, 1.54) is 47.6 Å². The van der Waals surface area contributed by atoms with Crippen LogP contribution in [0.3, 0.4) is 0 Å². The van der Waals surface area contributed by atoms with Gasteiger partial charge in [-0.25, -0.2) is 4.39 Å². The topological polar surface area (TPSA) is 53.2 Å². The lowest BCUT2D eigenvalue weighted by Gasteiger charge is -2.20. The Labute approximate surface area is 109 Å². The molecule has 2 rings (SSSR count). The average molecular weight is 260 g/mol. The molecule has 5 heteroatoms. The molecule has 1 heterocycles. The number of hydrogen-bond donors (Lipinski definition) is 1. The molecule has 0 saturated heterocycles. The second-order valence-electron chi connectivity index (χ2n) is 3.95. The summed E-state index contributed by atoms with van der Waals surface area (Å²) in [6.07, 6.45) is 2.84. The minimum absolute atomic E-state index is 0.0636. The first-order valence-electron chi connectivity index (χ1n) is 5.88. The van der Waals surface area contributed by atoms with Gasteiger partial charge in [0.25, 0.3) is 5.91 Å². The van der Waals surface area contributed by atoms with Gasteiger partial charge in [0, 0.05) is 30.7 Å². The summed E-state index contributed by atoms with van der Waals surface area (Å²) < 4.78 is 12.9. The van der Waals surface area contributed by atoms with Gasteiger partial charge >= 0.3 is 0 Å². The molecule has 0 aliphatic carbocycles. The lowest BCUT2D eigenvalue weighted by atomic mass is 10.2. The number of carbonyl (C=O) groups is 1. The van der Waals surface area contributed by atoms with Crippen molar-refractivity contribution in [3.8, 4) is 0 Å². The SMILES string of the molecule is CCN(C(=O)c1c[nH]ccc1=O)c1ccc(F)cc1. The first-order valence-corrected chi connectivity index (χ1v) is 5.88. The van der Waals surface area contributed by atoms with Crippen LogP contribution in [0.2, 0.25) is 0 Å². The fourth-order valence-corrected chi connectivity index (χ4v) is 1.79. The Bertz CT molecular complexity index is 634. The van der Waals surface area contributed by atoms with Crippen molar-refractivity contribution in [1.82, 2.24) is 4.98 Å². The Hall–Kier alpha value is -2.43. The normalized spacial score (nSPS) is 10.2. The van der Waals surface area contributed by atoms with Crippen molar-refractivity contribution in [2.75, 3.05) is 11.4 Å². The molecule has 0 fully saturated rings. The maximum absolute atomic E-state index is 12.9. The highest BCUT2D eigenvalue weighted by molar-refractivity contribution is 6.05. The van der Waals surface area contributed by atoms with Crippen molar-refractivity contribution in [2.45, 2.75) is 6.92 Å². The van der Waals surface area contributed by atoms with Crippen molar-refractivity contribution in [1.29, 1.82) is 0 Å². The van der Waals surface area contributed by atoms with Crippen LogP contribution in [0.15, 0.2) is 47.5 Å². The van der Waals surface area contributed by atoms with Gasteiger partial charge in [0.1, 0.15) is 11.4 Å². The minimum Gasteiger partial charge on any atom is -0.367 e. The fourth-order valence-electron chi connectivity index (χ4n) is 1.79. The molecule has 0 atom stereocenters. The van der Waals surface area contributed by atoms with Gasteiger partial charge in [-0.2, -0.15) is 0 Å². The predicted octanol–water partition coefficient (Wildman–Crippen LogP) is 2.18. The number of aromatic nitrogens is 1. The van der Waals surface area contributed by atoms with Crippen LogP contribution in [-0.4, -0.2) is 17.4 Å². The zero-order valence-corrected chi connectivity index (χ0v) is 10.4. The molecule has 0 radical (unpaired) electrons. The summed E-state index contributed by atoms with van der Waals surface area (Å²) in [6, 6.07) is 6.87. The van der Waals surface area contributed by atoms with Gasteiger partial charge < -0.3 is 9.88 Å². The molecule has 4 nitrogen and oxygen atoms in total. The number of anilines is 1. The van der Waals surface area contributed by atoms with Crippen LogP contribution < -0.4 is 10.3 Å². The molecule has 0 aliphatic heterocycles. The van der Waals surface area contributed by atoms with Gasteiger partial charge in [-0.1, -0.05) is 0 Å². The summed E-state index contributed by atoms with van der Waals surface area (Å²) in [5.41, 5.74) is 0.273.